The molecule has 6 N–H and O–H groups in total. The molecule has 0 saturated carbocycles. The number of carboxylic acids is 4. The maximum Gasteiger partial charge on any atom is 0.362 e. The molecule has 0 aromatic heterocycles. The zero-order valence-corrected chi connectivity index (χ0v) is 11.3. The summed E-state index contributed by atoms with van der Waals surface area (Å²) in [4.78, 5) is 44.2. The van der Waals surface area contributed by atoms with E-state index in [-0.39, 0.29) is 19.4 Å². The molecule has 1 atom stereocenters. The van der Waals surface area contributed by atoms with Gasteiger partial charge in [0.25, 0.3) is 0 Å². The number of hydrogen-bond acceptors (Lipinski definition) is 5. The molecule has 0 aromatic carbocycles. The third-order valence-corrected chi connectivity index (χ3v) is 2.98. The van der Waals surface area contributed by atoms with Crippen LogP contribution in [0, 0.1) is 0 Å². The summed E-state index contributed by atoms with van der Waals surface area (Å²) in [7, 11) is 0. The third kappa shape index (κ3) is 6.19. The van der Waals surface area contributed by atoms with E-state index in [1.165, 1.54) is 0 Å². The SMILES string of the molecule is NCCCC(C(=O)O)[N+](CC(=O)O)(CC(=O)O)CC(=O)O. The molecule has 0 aliphatic rings. The van der Waals surface area contributed by atoms with Gasteiger partial charge in [0, 0.05) is 6.42 Å². The Hall–Kier alpha value is -2.20. The summed E-state index contributed by atoms with van der Waals surface area (Å²) in [5.41, 5.74) is 5.28. The molecule has 0 bridgehead atoms. The van der Waals surface area contributed by atoms with E-state index in [9.17, 15) is 24.3 Å². The first kappa shape index (κ1) is 18.8. The van der Waals surface area contributed by atoms with Gasteiger partial charge in [-0.2, -0.15) is 0 Å². The van der Waals surface area contributed by atoms with Crippen molar-refractivity contribution in [3.63, 3.8) is 0 Å². The number of carboxylic acid groups (broad SMARTS) is 4. The molecular weight excluding hydrogens is 288 g/mol. The van der Waals surface area contributed by atoms with Gasteiger partial charge in [-0.3, -0.25) is 4.48 Å². The van der Waals surface area contributed by atoms with Gasteiger partial charge < -0.3 is 26.2 Å². The van der Waals surface area contributed by atoms with Crippen molar-refractivity contribution in [1.29, 1.82) is 0 Å². The zero-order valence-electron chi connectivity index (χ0n) is 11.3. The highest BCUT2D eigenvalue weighted by Gasteiger charge is 2.46. The quantitative estimate of drug-likeness (QED) is 0.277. The van der Waals surface area contributed by atoms with Crippen LogP contribution in [-0.2, 0) is 19.2 Å². The van der Waals surface area contributed by atoms with E-state index >= 15 is 0 Å². The summed E-state index contributed by atoms with van der Waals surface area (Å²) >= 11 is 0. The average Bonchev–Trinajstić information content (AvgIpc) is 2.25. The van der Waals surface area contributed by atoms with Gasteiger partial charge in [0.2, 0.25) is 0 Å². The Kier molecular flexibility index (Phi) is 7.31. The lowest BCUT2D eigenvalue weighted by Gasteiger charge is -2.39. The fraction of sp³-hybridized carbons (Fsp3) is 0.636. The summed E-state index contributed by atoms with van der Waals surface area (Å²) in [6, 6.07) is -1.48. The topological polar surface area (TPSA) is 175 Å². The molecule has 0 heterocycles. The lowest BCUT2D eigenvalue weighted by Crippen LogP contribution is -2.64. The van der Waals surface area contributed by atoms with Gasteiger partial charge in [-0.25, -0.2) is 19.2 Å². The normalized spacial score (nSPS) is 12.6. The van der Waals surface area contributed by atoms with Crippen LogP contribution in [0.4, 0.5) is 0 Å². The van der Waals surface area contributed by atoms with E-state index in [1.54, 1.807) is 0 Å². The van der Waals surface area contributed by atoms with Crippen LogP contribution in [0.1, 0.15) is 12.8 Å². The van der Waals surface area contributed by atoms with E-state index in [0.717, 1.165) is 0 Å². The lowest BCUT2D eigenvalue weighted by atomic mass is 10.1. The van der Waals surface area contributed by atoms with Gasteiger partial charge in [0.05, 0.1) is 0 Å². The van der Waals surface area contributed by atoms with Crippen molar-refractivity contribution < 1.29 is 44.1 Å². The van der Waals surface area contributed by atoms with Gasteiger partial charge in [-0.15, -0.1) is 0 Å². The van der Waals surface area contributed by atoms with Crippen molar-refractivity contribution >= 4 is 23.9 Å². The molecule has 10 nitrogen and oxygen atoms in total. The standard InChI is InChI=1S/C11H18N2O8/c12-3-1-2-7(11(20)21)13(4-8(14)15,5-9(16)17)6-10(18)19/h7H,1-6,12H2,(H3-,14,15,16,17,18,19,20,21)/p+1. The number of rotatable bonds is 11. The Balaban J connectivity index is 5.73. The van der Waals surface area contributed by atoms with E-state index < -0.39 is 54.0 Å². The molecule has 0 radical (unpaired) electrons. The smallest absolute Gasteiger partial charge is 0.362 e. The van der Waals surface area contributed by atoms with Crippen LogP contribution in [-0.4, -0.2) is 81.0 Å². The van der Waals surface area contributed by atoms with E-state index in [4.69, 9.17) is 21.1 Å². The second kappa shape index (κ2) is 8.17. The van der Waals surface area contributed by atoms with E-state index in [2.05, 4.69) is 0 Å². The fourth-order valence-electron chi connectivity index (χ4n) is 2.25. The molecule has 1 unspecified atom stereocenters. The number of aliphatic carboxylic acids is 4. The minimum Gasteiger partial charge on any atom is -0.477 e. The average molecular weight is 307 g/mol. The summed E-state index contributed by atoms with van der Waals surface area (Å²) in [5.74, 6) is -5.88. The van der Waals surface area contributed by atoms with Crippen LogP contribution < -0.4 is 5.73 Å². The molecule has 21 heavy (non-hydrogen) atoms. The van der Waals surface area contributed by atoms with Crippen LogP contribution in [0.25, 0.3) is 0 Å². The Labute approximate surface area is 120 Å². The first-order valence-electron chi connectivity index (χ1n) is 6.08. The molecule has 120 valence electrons. The maximum atomic E-state index is 11.4. The summed E-state index contributed by atoms with van der Waals surface area (Å²) < 4.78 is -1.10. The largest absolute Gasteiger partial charge is 0.477 e. The monoisotopic (exact) mass is 307 g/mol. The molecule has 0 fully saturated rings. The van der Waals surface area contributed by atoms with Crippen molar-refractivity contribution in [1.82, 2.24) is 0 Å². The Morgan fingerprint density at radius 1 is 0.857 bits per heavy atom. The summed E-state index contributed by atoms with van der Waals surface area (Å²) in [6.45, 7) is -2.63. The van der Waals surface area contributed by atoms with Crippen LogP contribution in [0.2, 0.25) is 0 Å². The molecule has 0 rings (SSSR count). The fourth-order valence-corrected chi connectivity index (χ4v) is 2.25. The number of carbonyl (C=O) groups is 4. The van der Waals surface area contributed by atoms with Crippen molar-refractivity contribution in [2.45, 2.75) is 18.9 Å². The number of nitrogens with zero attached hydrogens (tertiary/aromatic N) is 1. The van der Waals surface area contributed by atoms with Crippen molar-refractivity contribution in [2.75, 3.05) is 26.2 Å². The third-order valence-electron chi connectivity index (χ3n) is 2.98. The molecule has 0 aliphatic heterocycles. The molecule has 10 heteroatoms. The predicted molar refractivity (Wildman–Crippen MR) is 67.5 cm³/mol. The molecule has 0 aromatic rings. The lowest BCUT2D eigenvalue weighted by molar-refractivity contribution is -0.923. The van der Waals surface area contributed by atoms with Gasteiger partial charge in [0.15, 0.2) is 25.7 Å². The minimum absolute atomic E-state index is 0.111. The summed E-state index contributed by atoms with van der Waals surface area (Å²) in [5, 5.41) is 36.0. The predicted octanol–water partition coefficient (Wildman–Crippen LogP) is -1.75. The Morgan fingerprint density at radius 2 is 1.24 bits per heavy atom. The molecule has 0 aliphatic carbocycles. The van der Waals surface area contributed by atoms with Crippen molar-refractivity contribution in [3.05, 3.63) is 0 Å². The first-order chi connectivity index (χ1) is 9.64. The van der Waals surface area contributed by atoms with Crippen LogP contribution in [0.5, 0.6) is 0 Å². The molecule has 0 saturated heterocycles. The Morgan fingerprint density at radius 3 is 1.48 bits per heavy atom. The van der Waals surface area contributed by atoms with E-state index in [0.29, 0.717) is 0 Å². The summed E-state index contributed by atoms with van der Waals surface area (Å²) in [6.07, 6.45) is 0.0928. The van der Waals surface area contributed by atoms with Crippen LogP contribution >= 0.6 is 0 Å². The Bertz CT molecular complexity index is 382. The van der Waals surface area contributed by atoms with Gasteiger partial charge in [0.1, 0.15) is 0 Å². The second-order valence-electron chi connectivity index (χ2n) is 4.66. The van der Waals surface area contributed by atoms with Gasteiger partial charge in [-0.05, 0) is 13.0 Å². The van der Waals surface area contributed by atoms with E-state index in [1.807, 2.05) is 0 Å². The highest BCUT2D eigenvalue weighted by molar-refractivity contribution is 5.77. The highest BCUT2D eigenvalue weighted by atomic mass is 16.4. The zero-order chi connectivity index (χ0) is 16.6. The number of nitrogens with two attached hydrogens (primary N) is 1. The van der Waals surface area contributed by atoms with Gasteiger partial charge in [-0.1, -0.05) is 0 Å². The molecule has 0 amide bonds. The molecule has 0 spiro atoms. The van der Waals surface area contributed by atoms with Crippen LogP contribution in [0.15, 0.2) is 0 Å². The van der Waals surface area contributed by atoms with Crippen LogP contribution in [0.3, 0.4) is 0 Å². The highest BCUT2D eigenvalue weighted by Crippen LogP contribution is 2.19. The number of quaternary nitrogens is 1. The number of hydrogen-bond donors (Lipinski definition) is 5. The van der Waals surface area contributed by atoms with Crippen molar-refractivity contribution in [2.24, 2.45) is 5.73 Å². The minimum atomic E-state index is -1.48. The van der Waals surface area contributed by atoms with Gasteiger partial charge >= 0.3 is 23.9 Å². The molecular formula is C11H19N2O8+. The second-order valence-corrected chi connectivity index (χ2v) is 4.66. The van der Waals surface area contributed by atoms with Crippen molar-refractivity contribution in [3.8, 4) is 0 Å². The maximum absolute atomic E-state index is 11.4. The first-order valence-corrected chi connectivity index (χ1v) is 6.08.